The fourth-order valence-electron chi connectivity index (χ4n) is 5.74. The number of hydrogen-bond acceptors (Lipinski definition) is 11. The van der Waals surface area contributed by atoms with Gasteiger partial charge in [-0.25, -0.2) is 0 Å². The summed E-state index contributed by atoms with van der Waals surface area (Å²) in [6, 6.07) is 49.4. The molecule has 3 fully saturated rings. The molecule has 11 nitrogen and oxygen atoms in total. The molecule has 0 aromatic heterocycles. The van der Waals surface area contributed by atoms with Crippen molar-refractivity contribution in [3.05, 3.63) is 182 Å². The summed E-state index contributed by atoms with van der Waals surface area (Å²) >= 11 is -1.25. The SMILES string of the molecule is C=C(C)C(=O)OCCOc1ccc([Te]c2ccc(OCC3CO3)cc2)cc1.C=C(C)C(=O)Oc1ccc([Te]c2ccc(OCC3CO3)cc2)cc1.C=Cc1ccc([Te]c2ccc(OCC3CO3)cc2)cc1. The van der Waals surface area contributed by atoms with Crippen LogP contribution in [-0.2, 0) is 28.5 Å². The van der Waals surface area contributed by atoms with Gasteiger partial charge in [0.15, 0.2) is 0 Å². The van der Waals surface area contributed by atoms with Crippen molar-refractivity contribution < 1.29 is 52.2 Å². The van der Waals surface area contributed by atoms with E-state index < -0.39 is 53.8 Å². The third-order valence-corrected chi connectivity index (χ3v) is 18.6. The van der Waals surface area contributed by atoms with Gasteiger partial charge in [-0.1, -0.05) is 0 Å². The number of carbonyl (C=O) groups excluding carboxylic acids is 2. The topological polar surface area (TPSA) is 127 Å². The fraction of sp³-hybridized carbons (Fsp3) is 0.228. The molecule has 3 aliphatic heterocycles. The summed E-state index contributed by atoms with van der Waals surface area (Å²) in [5.41, 5.74) is 1.95. The minimum atomic E-state index is -0.477. The van der Waals surface area contributed by atoms with Crippen LogP contribution < -0.4 is 45.4 Å². The molecule has 0 amide bonds. The molecule has 14 heteroatoms. The summed E-state index contributed by atoms with van der Waals surface area (Å²) < 4.78 is 56.2. The van der Waals surface area contributed by atoms with Crippen molar-refractivity contribution in [2.75, 3.05) is 52.9 Å². The van der Waals surface area contributed by atoms with Gasteiger partial charge < -0.3 is 0 Å². The van der Waals surface area contributed by atoms with Crippen LogP contribution in [0.1, 0.15) is 19.4 Å². The fourth-order valence-corrected chi connectivity index (χ4v) is 12.7. The Balaban J connectivity index is 0.000000158. The maximum atomic E-state index is 11.5. The predicted molar refractivity (Wildman–Crippen MR) is 281 cm³/mol. The van der Waals surface area contributed by atoms with Crippen LogP contribution >= 0.6 is 0 Å². The van der Waals surface area contributed by atoms with E-state index in [1.165, 1.54) is 27.2 Å². The van der Waals surface area contributed by atoms with Crippen LogP contribution in [0.4, 0.5) is 0 Å². The summed E-state index contributed by atoms with van der Waals surface area (Å²) in [6.45, 7) is 19.0. The molecule has 0 N–H and O–H groups in total. The summed E-state index contributed by atoms with van der Waals surface area (Å²) in [5.74, 6) is 3.22. The van der Waals surface area contributed by atoms with Crippen LogP contribution in [0.15, 0.2) is 176 Å². The van der Waals surface area contributed by atoms with Gasteiger partial charge in [0.05, 0.1) is 0 Å². The molecule has 0 spiro atoms. The number of benzene rings is 6. The molecule has 3 aliphatic rings. The first-order valence-electron chi connectivity index (χ1n) is 22.9. The number of carbonyl (C=O) groups is 2. The van der Waals surface area contributed by atoms with E-state index >= 15 is 0 Å². The standard InChI is InChI=1S/C21H22O5Te.C19H18O4Te.C17H16O2Te/c1-15(2)21(22)24-12-11-23-16-3-7-19(8-4-16)27-20-9-5-17(6-10-20)25-13-18-14-26-18;1-13(2)19(20)23-15-5-9-18(10-6-15)24-17-7-3-14(4-8-17)21-11-16-12-22-16;1-2-13-3-7-16(8-4-13)20-17-9-5-14(6-10-17)18-11-15-12-19-15/h3-10,18H,1,11-14H2,2H3;3-10,16H,1,11-12H2,2H3;2-10,15H,1,11-12H2. The van der Waals surface area contributed by atoms with Crippen molar-refractivity contribution in [1.29, 1.82) is 0 Å². The quantitative estimate of drug-likeness (QED) is 0.0216. The molecule has 3 unspecified atom stereocenters. The Morgan fingerprint density at radius 3 is 1.06 bits per heavy atom. The molecule has 3 atom stereocenters. The molecule has 0 bridgehead atoms. The summed E-state index contributed by atoms with van der Waals surface area (Å²) in [7, 11) is 0. The van der Waals surface area contributed by atoms with Crippen LogP contribution in [0.25, 0.3) is 6.08 Å². The van der Waals surface area contributed by atoms with E-state index in [-0.39, 0.29) is 39.7 Å². The second-order valence-electron chi connectivity index (χ2n) is 16.2. The average molecular weight is 1300 g/mol. The van der Waals surface area contributed by atoms with E-state index in [2.05, 4.69) is 105 Å². The first kappa shape index (κ1) is 53.7. The number of hydrogen-bond donors (Lipinski definition) is 0. The van der Waals surface area contributed by atoms with Crippen LogP contribution in [0, 0.1) is 0 Å². The third kappa shape index (κ3) is 20.5. The van der Waals surface area contributed by atoms with E-state index in [1.54, 1.807) is 13.8 Å². The molecule has 3 saturated heterocycles. The van der Waals surface area contributed by atoms with Crippen LogP contribution in [-0.4, -0.2) is 146 Å². The van der Waals surface area contributed by atoms with Crippen LogP contribution in [0.3, 0.4) is 0 Å². The summed E-state index contributed by atoms with van der Waals surface area (Å²) in [5, 5.41) is 0. The molecule has 6 aromatic carbocycles. The number of esters is 2. The monoisotopic (exact) mass is 1310 g/mol. The van der Waals surface area contributed by atoms with Crippen LogP contribution in [0.2, 0.25) is 0 Å². The molecular formula is C57H56O11Te3. The average Bonchev–Trinajstić information content (AvgIpc) is 4.23. The van der Waals surface area contributed by atoms with Gasteiger partial charge in [-0.3, -0.25) is 0 Å². The molecule has 0 radical (unpaired) electrons. The van der Waals surface area contributed by atoms with Crippen molar-refractivity contribution >= 4 is 102 Å². The van der Waals surface area contributed by atoms with E-state index in [0.29, 0.717) is 49.4 Å². The van der Waals surface area contributed by atoms with Crippen molar-refractivity contribution in [3.8, 4) is 28.7 Å². The molecule has 71 heavy (non-hydrogen) atoms. The molecule has 9 rings (SSSR count). The van der Waals surface area contributed by atoms with E-state index in [9.17, 15) is 9.59 Å². The van der Waals surface area contributed by atoms with Crippen LogP contribution in [0.5, 0.6) is 28.7 Å². The predicted octanol–water partition coefficient (Wildman–Crippen LogP) is 4.98. The van der Waals surface area contributed by atoms with Gasteiger partial charge in [0.2, 0.25) is 0 Å². The van der Waals surface area contributed by atoms with Crippen molar-refractivity contribution in [1.82, 2.24) is 0 Å². The first-order chi connectivity index (χ1) is 34.5. The van der Waals surface area contributed by atoms with Gasteiger partial charge in [0.25, 0.3) is 0 Å². The Morgan fingerprint density at radius 1 is 0.465 bits per heavy atom. The van der Waals surface area contributed by atoms with Gasteiger partial charge in [0, 0.05) is 0 Å². The molecule has 6 aromatic rings. The Labute approximate surface area is 446 Å². The van der Waals surface area contributed by atoms with E-state index in [1.807, 2.05) is 66.7 Å². The van der Waals surface area contributed by atoms with Gasteiger partial charge in [-0.2, -0.15) is 0 Å². The first-order valence-corrected chi connectivity index (χ1v) is 29.9. The Morgan fingerprint density at radius 2 is 0.761 bits per heavy atom. The molecule has 3 heterocycles. The second kappa shape index (κ2) is 28.2. The van der Waals surface area contributed by atoms with Gasteiger partial charge in [-0.15, -0.1) is 0 Å². The Bertz CT molecular complexity index is 2640. The second-order valence-corrected chi connectivity index (χ2v) is 26.0. The maximum absolute atomic E-state index is 11.5. The zero-order valence-corrected chi connectivity index (χ0v) is 46.7. The third-order valence-electron chi connectivity index (χ3n) is 9.95. The van der Waals surface area contributed by atoms with Crippen molar-refractivity contribution in [2.24, 2.45) is 0 Å². The number of rotatable bonds is 23. The zero-order valence-electron chi connectivity index (χ0n) is 39.7. The van der Waals surface area contributed by atoms with Gasteiger partial charge >= 0.3 is 450 Å². The molecule has 0 saturated carbocycles. The van der Waals surface area contributed by atoms with Gasteiger partial charge in [-0.05, 0) is 0 Å². The zero-order chi connectivity index (χ0) is 49.8. The normalized spacial score (nSPS) is 15.7. The molecule has 368 valence electrons. The number of ether oxygens (including phenoxy) is 9. The van der Waals surface area contributed by atoms with Crippen molar-refractivity contribution in [3.63, 3.8) is 0 Å². The summed E-state index contributed by atoms with van der Waals surface area (Å²) in [6.07, 6.45) is 2.74. The molecule has 0 aliphatic carbocycles. The number of epoxide rings is 3. The van der Waals surface area contributed by atoms with E-state index in [4.69, 9.17) is 42.6 Å². The minimum absolute atomic E-state index is 0.211. The molecular weight excluding hydrogens is 1240 g/mol. The van der Waals surface area contributed by atoms with Gasteiger partial charge in [0.1, 0.15) is 0 Å². The Hall–Kier alpha value is -5.07. The summed E-state index contributed by atoms with van der Waals surface area (Å²) in [4.78, 5) is 22.8. The Kier molecular flexibility index (Phi) is 21.4. The van der Waals surface area contributed by atoms with E-state index in [0.717, 1.165) is 42.8 Å². The van der Waals surface area contributed by atoms with Crippen molar-refractivity contribution in [2.45, 2.75) is 32.2 Å².